The Balaban J connectivity index is 0. The summed E-state index contributed by atoms with van der Waals surface area (Å²) in [5.74, 6) is 0. The molecule has 0 aliphatic rings. The standard InChI is InChI=1S/C4H8O.C3H7NO2/c1-2-3-4-5;1-2-6-3(4)5/h2,5H,1,3-4H2;2H2,1H3,(H2,4,5). The molecule has 0 rings (SSSR count). The maximum atomic E-state index is 9.60. The first kappa shape index (κ1) is 12.6. The number of hydrogen-bond acceptors (Lipinski definition) is 3. The lowest BCUT2D eigenvalue weighted by Gasteiger charge is -1.89. The van der Waals surface area contributed by atoms with E-state index in [9.17, 15) is 4.79 Å². The first-order valence-corrected chi connectivity index (χ1v) is 3.33. The average molecular weight is 161 g/mol. The topological polar surface area (TPSA) is 72.6 Å². The minimum atomic E-state index is -0.711. The molecule has 0 aliphatic heterocycles. The van der Waals surface area contributed by atoms with Gasteiger partial charge in [0.25, 0.3) is 0 Å². The van der Waals surface area contributed by atoms with Crippen molar-refractivity contribution < 1.29 is 14.6 Å². The van der Waals surface area contributed by atoms with Crippen LogP contribution in [0.3, 0.4) is 0 Å². The zero-order chi connectivity index (χ0) is 9.11. The lowest BCUT2D eigenvalue weighted by atomic mass is 10.5. The summed E-state index contributed by atoms with van der Waals surface area (Å²) in [6, 6.07) is 0. The van der Waals surface area contributed by atoms with Crippen LogP contribution < -0.4 is 5.73 Å². The molecule has 0 saturated heterocycles. The molecule has 1 amide bonds. The molecule has 0 aliphatic carbocycles. The predicted octanol–water partition coefficient (Wildman–Crippen LogP) is 0.656. The molecule has 0 saturated carbocycles. The van der Waals surface area contributed by atoms with Gasteiger partial charge in [0.2, 0.25) is 0 Å². The van der Waals surface area contributed by atoms with Gasteiger partial charge >= 0.3 is 6.09 Å². The Morgan fingerprint density at radius 3 is 2.36 bits per heavy atom. The molecule has 0 atom stereocenters. The SMILES string of the molecule is C=CCCO.CCOC(N)=O. The number of aliphatic hydroxyl groups is 1. The van der Waals surface area contributed by atoms with Gasteiger partial charge in [-0.2, -0.15) is 0 Å². The first-order valence-electron chi connectivity index (χ1n) is 3.33. The molecular weight excluding hydrogens is 146 g/mol. The van der Waals surface area contributed by atoms with E-state index in [4.69, 9.17) is 5.11 Å². The number of ether oxygens (including phenoxy) is 1. The maximum absolute atomic E-state index is 9.60. The van der Waals surface area contributed by atoms with E-state index in [1.54, 1.807) is 13.0 Å². The highest BCUT2D eigenvalue weighted by Gasteiger charge is 1.82. The van der Waals surface area contributed by atoms with Crippen LogP contribution in [0.15, 0.2) is 12.7 Å². The molecule has 0 aromatic carbocycles. The zero-order valence-corrected chi connectivity index (χ0v) is 6.75. The van der Waals surface area contributed by atoms with Crippen LogP contribution in [0.2, 0.25) is 0 Å². The fourth-order valence-corrected chi connectivity index (χ4v) is 0.234. The second-order valence-electron chi connectivity index (χ2n) is 1.55. The summed E-state index contributed by atoms with van der Waals surface area (Å²) in [7, 11) is 0. The number of carbonyl (C=O) groups excluding carboxylic acids is 1. The molecule has 0 unspecified atom stereocenters. The molecular formula is C7H15NO3. The van der Waals surface area contributed by atoms with Crippen molar-refractivity contribution in [3.63, 3.8) is 0 Å². The number of amides is 1. The van der Waals surface area contributed by atoms with Crippen LogP contribution in [0.4, 0.5) is 4.79 Å². The van der Waals surface area contributed by atoms with Gasteiger partial charge in [0.15, 0.2) is 0 Å². The van der Waals surface area contributed by atoms with E-state index in [1.807, 2.05) is 0 Å². The molecule has 66 valence electrons. The van der Waals surface area contributed by atoms with Gasteiger partial charge in [-0.1, -0.05) is 6.08 Å². The van der Waals surface area contributed by atoms with Gasteiger partial charge in [0.1, 0.15) is 0 Å². The molecule has 4 nitrogen and oxygen atoms in total. The first-order chi connectivity index (χ1) is 5.18. The van der Waals surface area contributed by atoms with E-state index in [2.05, 4.69) is 17.0 Å². The van der Waals surface area contributed by atoms with Gasteiger partial charge in [0, 0.05) is 6.61 Å². The van der Waals surface area contributed by atoms with Crippen molar-refractivity contribution in [2.24, 2.45) is 5.73 Å². The number of rotatable bonds is 3. The van der Waals surface area contributed by atoms with Crippen LogP contribution in [0.1, 0.15) is 13.3 Å². The van der Waals surface area contributed by atoms with Crippen molar-refractivity contribution in [1.29, 1.82) is 0 Å². The third-order valence-electron chi connectivity index (χ3n) is 0.620. The summed E-state index contributed by atoms with van der Waals surface area (Å²) in [6.07, 6.45) is 1.68. The molecule has 0 spiro atoms. The van der Waals surface area contributed by atoms with Crippen LogP contribution in [0.25, 0.3) is 0 Å². The number of primary amides is 1. The number of aliphatic hydroxyl groups excluding tert-OH is 1. The minimum Gasteiger partial charge on any atom is -0.450 e. The fourth-order valence-electron chi connectivity index (χ4n) is 0.234. The summed E-state index contributed by atoms with van der Waals surface area (Å²) >= 11 is 0. The fraction of sp³-hybridized carbons (Fsp3) is 0.571. The third-order valence-corrected chi connectivity index (χ3v) is 0.620. The predicted molar refractivity (Wildman–Crippen MR) is 43.1 cm³/mol. The summed E-state index contributed by atoms with van der Waals surface area (Å²) in [4.78, 5) is 9.60. The Hall–Kier alpha value is -1.03. The monoisotopic (exact) mass is 161 g/mol. The molecule has 0 radical (unpaired) electrons. The highest BCUT2D eigenvalue weighted by atomic mass is 16.5. The molecule has 0 aromatic heterocycles. The number of hydrogen-bond donors (Lipinski definition) is 2. The van der Waals surface area contributed by atoms with Crippen LogP contribution in [0.5, 0.6) is 0 Å². The number of nitrogens with two attached hydrogens (primary N) is 1. The number of carbonyl (C=O) groups is 1. The van der Waals surface area contributed by atoms with Gasteiger partial charge < -0.3 is 15.6 Å². The van der Waals surface area contributed by atoms with Crippen molar-refractivity contribution >= 4 is 6.09 Å². The Morgan fingerprint density at radius 1 is 1.82 bits per heavy atom. The average Bonchev–Trinajstić information content (AvgIpc) is 1.90. The highest BCUT2D eigenvalue weighted by Crippen LogP contribution is 1.69. The second kappa shape index (κ2) is 11.7. The van der Waals surface area contributed by atoms with Crippen molar-refractivity contribution in [3.8, 4) is 0 Å². The molecule has 0 aromatic rings. The van der Waals surface area contributed by atoms with Gasteiger partial charge in [-0.25, -0.2) is 4.79 Å². The lowest BCUT2D eigenvalue weighted by Crippen LogP contribution is -2.11. The van der Waals surface area contributed by atoms with Gasteiger partial charge in [0.05, 0.1) is 6.61 Å². The van der Waals surface area contributed by atoms with E-state index in [0.717, 1.165) is 0 Å². The van der Waals surface area contributed by atoms with Crippen LogP contribution in [0, 0.1) is 0 Å². The highest BCUT2D eigenvalue weighted by molar-refractivity contribution is 5.64. The Labute approximate surface area is 66.7 Å². The molecule has 0 bridgehead atoms. The summed E-state index contributed by atoms with van der Waals surface area (Å²) < 4.78 is 4.18. The van der Waals surface area contributed by atoms with Crippen molar-refractivity contribution in [3.05, 3.63) is 12.7 Å². The van der Waals surface area contributed by atoms with E-state index < -0.39 is 6.09 Å². The van der Waals surface area contributed by atoms with Gasteiger partial charge in [-0.3, -0.25) is 0 Å². The summed E-state index contributed by atoms with van der Waals surface area (Å²) in [5.41, 5.74) is 4.54. The minimum absolute atomic E-state index is 0.226. The van der Waals surface area contributed by atoms with Crippen LogP contribution in [-0.4, -0.2) is 24.4 Å². The molecule has 0 fully saturated rings. The Bertz CT molecular complexity index is 104. The largest absolute Gasteiger partial charge is 0.450 e. The van der Waals surface area contributed by atoms with Crippen molar-refractivity contribution in [2.75, 3.05) is 13.2 Å². The van der Waals surface area contributed by atoms with Crippen LogP contribution >= 0.6 is 0 Å². The molecule has 11 heavy (non-hydrogen) atoms. The summed E-state index contributed by atoms with van der Waals surface area (Å²) in [5, 5.41) is 8.00. The normalized spacial score (nSPS) is 7.45. The van der Waals surface area contributed by atoms with Gasteiger partial charge in [-0.15, -0.1) is 6.58 Å². The van der Waals surface area contributed by atoms with Crippen molar-refractivity contribution in [1.82, 2.24) is 0 Å². The smallest absolute Gasteiger partial charge is 0.404 e. The third kappa shape index (κ3) is 27.6. The van der Waals surface area contributed by atoms with Crippen molar-refractivity contribution in [2.45, 2.75) is 13.3 Å². The van der Waals surface area contributed by atoms with Gasteiger partial charge in [-0.05, 0) is 13.3 Å². The van der Waals surface area contributed by atoms with E-state index in [-0.39, 0.29) is 6.61 Å². The van der Waals surface area contributed by atoms with E-state index in [1.165, 1.54) is 0 Å². The Kier molecular flexibility index (Phi) is 13.5. The van der Waals surface area contributed by atoms with E-state index >= 15 is 0 Å². The van der Waals surface area contributed by atoms with Crippen LogP contribution in [-0.2, 0) is 4.74 Å². The molecule has 3 N–H and O–H groups in total. The molecule has 4 heteroatoms. The second-order valence-corrected chi connectivity index (χ2v) is 1.55. The lowest BCUT2D eigenvalue weighted by molar-refractivity contribution is 0.163. The quantitative estimate of drug-likeness (QED) is 0.597. The zero-order valence-electron chi connectivity index (χ0n) is 6.75. The maximum Gasteiger partial charge on any atom is 0.404 e. The van der Waals surface area contributed by atoms with E-state index in [0.29, 0.717) is 13.0 Å². The Morgan fingerprint density at radius 2 is 2.36 bits per heavy atom. The molecule has 0 heterocycles. The summed E-state index contributed by atoms with van der Waals surface area (Å²) in [6.45, 7) is 5.67.